The van der Waals surface area contributed by atoms with Crippen LogP contribution >= 0.6 is 27.5 Å². The first-order valence-corrected chi connectivity index (χ1v) is 9.44. The molecule has 1 aliphatic rings. The Bertz CT molecular complexity index is 826. The first-order chi connectivity index (χ1) is 12.5. The van der Waals surface area contributed by atoms with E-state index in [2.05, 4.69) is 21.2 Å². The third kappa shape index (κ3) is 4.19. The van der Waals surface area contributed by atoms with Crippen molar-refractivity contribution in [2.45, 2.75) is 13.3 Å². The Balaban J connectivity index is 1.66. The van der Waals surface area contributed by atoms with Crippen molar-refractivity contribution in [3.8, 4) is 5.75 Å². The van der Waals surface area contributed by atoms with Gasteiger partial charge in [0.1, 0.15) is 5.75 Å². The van der Waals surface area contributed by atoms with Gasteiger partial charge in [0.25, 0.3) is 0 Å². The van der Waals surface area contributed by atoms with Crippen LogP contribution in [-0.2, 0) is 9.59 Å². The number of ether oxygens (including phenoxy) is 1. The molecule has 5 nitrogen and oxygen atoms in total. The van der Waals surface area contributed by atoms with Gasteiger partial charge in [0.15, 0.2) is 0 Å². The van der Waals surface area contributed by atoms with Gasteiger partial charge >= 0.3 is 0 Å². The SMILES string of the molecule is CCOc1ccc(N2CC(C(=O)Nc3ccc(Br)c(Cl)c3)CC2=O)cc1. The summed E-state index contributed by atoms with van der Waals surface area (Å²) >= 11 is 9.36. The Morgan fingerprint density at radius 1 is 1.31 bits per heavy atom. The Labute approximate surface area is 165 Å². The fraction of sp³-hybridized carbons (Fsp3) is 0.263. The highest BCUT2D eigenvalue weighted by Gasteiger charge is 2.35. The maximum absolute atomic E-state index is 12.5. The molecule has 2 amide bonds. The summed E-state index contributed by atoms with van der Waals surface area (Å²) in [5.41, 5.74) is 1.37. The van der Waals surface area contributed by atoms with Crippen LogP contribution < -0.4 is 15.0 Å². The van der Waals surface area contributed by atoms with E-state index >= 15 is 0 Å². The van der Waals surface area contributed by atoms with E-state index < -0.39 is 5.92 Å². The number of carbonyl (C=O) groups excluding carboxylic acids is 2. The van der Waals surface area contributed by atoms with Crippen LogP contribution in [0.4, 0.5) is 11.4 Å². The maximum atomic E-state index is 12.5. The van der Waals surface area contributed by atoms with E-state index in [1.165, 1.54) is 0 Å². The quantitative estimate of drug-likeness (QED) is 0.749. The average molecular weight is 438 g/mol. The normalized spacial score (nSPS) is 16.7. The molecule has 1 saturated heterocycles. The van der Waals surface area contributed by atoms with E-state index in [0.717, 1.165) is 15.9 Å². The third-order valence-electron chi connectivity index (χ3n) is 4.14. The van der Waals surface area contributed by atoms with Crippen LogP contribution in [0.15, 0.2) is 46.9 Å². The van der Waals surface area contributed by atoms with Gasteiger partial charge in [-0.1, -0.05) is 11.6 Å². The van der Waals surface area contributed by atoms with Gasteiger partial charge in [0, 0.05) is 28.8 Å². The van der Waals surface area contributed by atoms with Gasteiger partial charge in [-0.2, -0.15) is 0 Å². The number of nitrogens with zero attached hydrogens (tertiary/aromatic N) is 1. The number of carbonyl (C=O) groups is 2. The molecule has 1 unspecified atom stereocenters. The van der Waals surface area contributed by atoms with Crippen molar-refractivity contribution < 1.29 is 14.3 Å². The molecule has 0 radical (unpaired) electrons. The lowest BCUT2D eigenvalue weighted by molar-refractivity contribution is -0.122. The van der Waals surface area contributed by atoms with Crippen LogP contribution in [0.1, 0.15) is 13.3 Å². The van der Waals surface area contributed by atoms with E-state index in [0.29, 0.717) is 23.9 Å². The monoisotopic (exact) mass is 436 g/mol. The first kappa shape index (κ1) is 18.7. The molecule has 7 heteroatoms. The Morgan fingerprint density at radius 3 is 2.69 bits per heavy atom. The van der Waals surface area contributed by atoms with Gasteiger partial charge in [-0.25, -0.2) is 0 Å². The van der Waals surface area contributed by atoms with Crippen LogP contribution in [0.25, 0.3) is 0 Å². The highest BCUT2D eigenvalue weighted by molar-refractivity contribution is 9.10. The van der Waals surface area contributed by atoms with Crippen LogP contribution in [0.3, 0.4) is 0 Å². The largest absolute Gasteiger partial charge is 0.494 e. The minimum Gasteiger partial charge on any atom is -0.494 e. The number of anilines is 2. The number of rotatable bonds is 5. The van der Waals surface area contributed by atoms with E-state index in [4.69, 9.17) is 16.3 Å². The lowest BCUT2D eigenvalue weighted by atomic mass is 10.1. The van der Waals surface area contributed by atoms with E-state index in [-0.39, 0.29) is 18.2 Å². The van der Waals surface area contributed by atoms with Gasteiger partial charge in [-0.05, 0) is 65.3 Å². The Morgan fingerprint density at radius 2 is 2.04 bits per heavy atom. The molecule has 0 bridgehead atoms. The number of halogens is 2. The predicted octanol–water partition coefficient (Wildman–Crippen LogP) is 4.49. The molecule has 2 aromatic carbocycles. The summed E-state index contributed by atoms with van der Waals surface area (Å²) in [6, 6.07) is 12.5. The molecule has 1 atom stereocenters. The minimum absolute atomic E-state index is 0.0665. The Kier molecular flexibility index (Phi) is 5.84. The molecule has 136 valence electrons. The molecule has 3 rings (SSSR count). The molecule has 0 spiro atoms. The number of hydrogen-bond donors (Lipinski definition) is 1. The number of nitrogens with one attached hydrogen (secondary N) is 1. The van der Waals surface area contributed by atoms with Gasteiger partial charge in [0.05, 0.1) is 17.5 Å². The molecule has 1 fully saturated rings. The van der Waals surface area contributed by atoms with Crippen molar-refractivity contribution >= 4 is 50.7 Å². The second-order valence-corrected chi connectivity index (χ2v) is 7.21. The van der Waals surface area contributed by atoms with Gasteiger partial charge in [-0.15, -0.1) is 0 Å². The second-order valence-electron chi connectivity index (χ2n) is 5.95. The zero-order valence-electron chi connectivity index (χ0n) is 14.2. The molecule has 0 aliphatic carbocycles. The van der Waals surface area contributed by atoms with Crippen molar-refractivity contribution in [3.63, 3.8) is 0 Å². The summed E-state index contributed by atoms with van der Waals surface area (Å²) in [5, 5.41) is 3.34. The van der Waals surface area contributed by atoms with Crippen LogP contribution in [-0.4, -0.2) is 25.0 Å². The molecule has 0 aromatic heterocycles. The zero-order chi connectivity index (χ0) is 18.7. The summed E-state index contributed by atoms with van der Waals surface area (Å²) in [4.78, 5) is 26.5. The maximum Gasteiger partial charge on any atom is 0.229 e. The number of hydrogen-bond acceptors (Lipinski definition) is 3. The molecule has 1 aliphatic heterocycles. The summed E-state index contributed by atoms with van der Waals surface area (Å²) in [6.07, 6.45) is 0.184. The smallest absolute Gasteiger partial charge is 0.229 e. The highest BCUT2D eigenvalue weighted by Crippen LogP contribution is 2.29. The molecular formula is C19H18BrClN2O3. The molecular weight excluding hydrogens is 420 g/mol. The van der Waals surface area contributed by atoms with Crippen LogP contribution in [0.5, 0.6) is 5.75 Å². The van der Waals surface area contributed by atoms with Gasteiger partial charge in [0.2, 0.25) is 11.8 Å². The fourth-order valence-electron chi connectivity index (χ4n) is 2.84. The Hall–Kier alpha value is -2.05. The summed E-state index contributed by atoms with van der Waals surface area (Å²) in [7, 11) is 0. The average Bonchev–Trinajstić information content (AvgIpc) is 3.01. The zero-order valence-corrected chi connectivity index (χ0v) is 16.5. The van der Waals surface area contributed by atoms with Crippen LogP contribution in [0.2, 0.25) is 5.02 Å². The summed E-state index contributed by atoms with van der Waals surface area (Å²) in [5.74, 6) is 0.0918. The van der Waals surface area contributed by atoms with Gasteiger partial charge < -0.3 is 15.0 Å². The van der Waals surface area contributed by atoms with Crippen LogP contribution in [0, 0.1) is 5.92 Å². The van der Waals surface area contributed by atoms with Crippen molar-refractivity contribution in [1.29, 1.82) is 0 Å². The topological polar surface area (TPSA) is 58.6 Å². The molecule has 0 saturated carbocycles. The van der Waals surface area contributed by atoms with E-state index in [9.17, 15) is 9.59 Å². The molecule has 26 heavy (non-hydrogen) atoms. The van der Waals surface area contributed by atoms with Crippen molar-refractivity contribution in [3.05, 3.63) is 52.0 Å². The minimum atomic E-state index is -0.406. The van der Waals surface area contributed by atoms with Crippen molar-refractivity contribution in [2.24, 2.45) is 5.92 Å². The predicted molar refractivity (Wildman–Crippen MR) is 106 cm³/mol. The molecule has 1 N–H and O–H groups in total. The second kappa shape index (κ2) is 8.10. The fourth-order valence-corrected chi connectivity index (χ4v) is 3.27. The highest BCUT2D eigenvalue weighted by atomic mass is 79.9. The number of benzene rings is 2. The lowest BCUT2D eigenvalue weighted by Crippen LogP contribution is -2.28. The summed E-state index contributed by atoms with van der Waals surface area (Å²) < 4.78 is 6.17. The van der Waals surface area contributed by atoms with E-state index in [1.54, 1.807) is 23.1 Å². The van der Waals surface area contributed by atoms with Crippen molar-refractivity contribution in [2.75, 3.05) is 23.4 Å². The van der Waals surface area contributed by atoms with Gasteiger partial charge in [-0.3, -0.25) is 9.59 Å². The third-order valence-corrected chi connectivity index (χ3v) is 5.37. The molecule has 2 aromatic rings. The number of amides is 2. The van der Waals surface area contributed by atoms with Crippen molar-refractivity contribution in [1.82, 2.24) is 0 Å². The molecule has 1 heterocycles. The van der Waals surface area contributed by atoms with E-state index in [1.807, 2.05) is 31.2 Å². The standard InChI is InChI=1S/C19H18BrClN2O3/c1-2-26-15-6-4-14(5-7-15)23-11-12(9-18(23)24)19(25)22-13-3-8-16(20)17(21)10-13/h3-8,10,12H,2,9,11H2,1H3,(H,22,25). The lowest BCUT2D eigenvalue weighted by Gasteiger charge is -2.17. The summed E-state index contributed by atoms with van der Waals surface area (Å²) in [6.45, 7) is 2.85. The first-order valence-electron chi connectivity index (χ1n) is 8.27.